The summed E-state index contributed by atoms with van der Waals surface area (Å²) in [6, 6.07) is 17.2. The Bertz CT molecular complexity index is 999. The van der Waals surface area contributed by atoms with E-state index in [-0.39, 0.29) is 24.5 Å². The van der Waals surface area contributed by atoms with Crippen molar-refractivity contribution in [1.29, 1.82) is 0 Å². The van der Waals surface area contributed by atoms with Gasteiger partial charge in [-0.1, -0.05) is 35.9 Å². The van der Waals surface area contributed by atoms with Crippen molar-refractivity contribution in [1.82, 2.24) is 10.3 Å². The van der Waals surface area contributed by atoms with Gasteiger partial charge in [-0.3, -0.25) is 14.6 Å². The third-order valence-corrected chi connectivity index (χ3v) is 4.81. The van der Waals surface area contributed by atoms with Crippen molar-refractivity contribution in [3.05, 3.63) is 94.8 Å². The molecule has 0 fully saturated rings. The first-order valence-corrected chi connectivity index (χ1v) is 9.99. The van der Waals surface area contributed by atoms with Crippen LogP contribution in [0.5, 0.6) is 5.75 Å². The fraction of sp³-hybridized carbons (Fsp3) is 0.240. The Hall–Kier alpha value is -3.47. The molecular weight excluding hydrogens is 376 g/mol. The van der Waals surface area contributed by atoms with Crippen LogP contribution in [0.25, 0.3) is 0 Å². The summed E-state index contributed by atoms with van der Waals surface area (Å²) in [4.78, 5) is 28.6. The fourth-order valence-corrected chi connectivity index (χ4v) is 3.04. The monoisotopic (exact) mass is 402 g/mol. The number of nitrogens with zero attached hydrogens (tertiary/aromatic N) is 1. The number of aromatic nitrogens is 1. The predicted molar refractivity (Wildman–Crippen MR) is 116 cm³/mol. The average Bonchev–Trinajstić information content (AvgIpc) is 2.77. The molecule has 1 heterocycles. The normalized spacial score (nSPS) is 10.5. The van der Waals surface area contributed by atoms with Gasteiger partial charge in [0.05, 0.1) is 0 Å². The van der Waals surface area contributed by atoms with E-state index in [1.165, 1.54) is 0 Å². The molecule has 0 aliphatic heterocycles. The van der Waals surface area contributed by atoms with Crippen LogP contribution in [0.1, 0.15) is 45.5 Å². The number of hydrogen-bond donors (Lipinski definition) is 1. The quantitative estimate of drug-likeness (QED) is 0.533. The van der Waals surface area contributed by atoms with E-state index in [0.29, 0.717) is 18.7 Å². The van der Waals surface area contributed by atoms with Gasteiger partial charge in [-0.2, -0.15) is 0 Å². The third-order valence-electron chi connectivity index (χ3n) is 4.81. The number of carbonyl (C=O) groups is 2. The lowest BCUT2D eigenvalue weighted by atomic mass is 9.99. The van der Waals surface area contributed by atoms with E-state index in [4.69, 9.17) is 4.74 Å². The van der Waals surface area contributed by atoms with Crippen LogP contribution in [-0.2, 0) is 17.9 Å². The number of amides is 1. The summed E-state index contributed by atoms with van der Waals surface area (Å²) in [7, 11) is 0. The Morgan fingerprint density at radius 1 is 0.967 bits per heavy atom. The van der Waals surface area contributed by atoms with Crippen LogP contribution in [0, 0.1) is 13.8 Å². The second kappa shape index (κ2) is 10.3. The SMILES string of the molecule is Cc1ccc(C)c(C(=O)CCC(=O)NCc2ccc(OCc3cccnc3)cc2)c1. The summed E-state index contributed by atoms with van der Waals surface area (Å²) in [5.41, 5.74) is 4.66. The maximum absolute atomic E-state index is 12.4. The molecule has 0 saturated carbocycles. The minimum atomic E-state index is -0.134. The van der Waals surface area contributed by atoms with Crippen LogP contribution < -0.4 is 10.1 Å². The van der Waals surface area contributed by atoms with Crippen LogP contribution in [0.15, 0.2) is 67.0 Å². The van der Waals surface area contributed by atoms with Gasteiger partial charge in [-0.05, 0) is 49.2 Å². The van der Waals surface area contributed by atoms with Crippen molar-refractivity contribution >= 4 is 11.7 Å². The number of carbonyl (C=O) groups excluding carboxylic acids is 2. The molecule has 0 aliphatic rings. The van der Waals surface area contributed by atoms with Gasteiger partial charge in [0.15, 0.2) is 5.78 Å². The molecule has 0 spiro atoms. The molecule has 3 rings (SSSR count). The van der Waals surface area contributed by atoms with Crippen molar-refractivity contribution in [3.63, 3.8) is 0 Å². The average molecular weight is 402 g/mol. The van der Waals surface area contributed by atoms with E-state index < -0.39 is 0 Å². The topological polar surface area (TPSA) is 68.3 Å². The van der Waals surface area contributed by atoms with Crippen molar-refractivity contribution in [2.45, 2.75) is 39.8 Å². The number of rotatable bonds is 9. The van der Waals surface area contributed by atoms with Gasteiger partial charge < -0.3 is 10.1 Å². The molecule has 154 valence electrons. The maximum atomic E-state index is 12.4. The lowest BCUT2D eigenvalue weighted by Gasteiger charge is -2.09. The zero-order valence-electron chi connectivity index (χ0n) is 17.4. The fourth-order valence-electron chi connectivity index (χ4n) is 3.04. The molecule has 1 aromatic heterocycles. The lowest BCUT2D eigenvalue weighted by molar-refractivity contribution is -0.121. The molecule has 30 heavy (non-hydrogen) atoms. The molecule has 0 bridgehead atoms. The molecule has 0 radical (unpaired) electrons. The van der Waals surface area contributed by atoms with Crippen LogP contribution in [0.4, 0.5) is 0 Å². The van der Waals surface area contributed by atoms with Crippen LogP contribution in [0.2, 0.25) is 0 Å². The first-order chi connectivity index (χ1) is 14.5. The molecule has 0 aliphatic carbocycles. The largest absolute Gasteiger partial charge is 0.489 e. The van der Waals surface area contributed by atoms with Crippen molar-refractivity contribution in [3.8, 4) is 5.75 Å². The van der Waals surface area contributed by atoms with E-state index in [9.17, 15) is 9.59 Å². The molecule has 0 saturated heterocycles. The van der Waals surface area contributed by atoms with E-state index in [1.807, 2.05) is 68.4 Å². The third kappa shape index (κ3) is 6.27. The van der Waals surface area contributed by atoms with Crippen LogP contribution >= 0.6 is 0 Å². The molecule has 2 aromatic carbocycles. The second-order valence-electron chi connectivity index (χ2n) is 7.31. The summed E-state index contributed by atoms with van der Waals surface area (Å²) in [6.45, 7) is 4.74. The highest BCUT2D eigenvalue weighted by Crippen LogP contribution is 2.15. The summed E-state index contributed by atoms with van der Waals surface area (Å²) in [5.74, 6) is 0.625. The minimum absolute atomic E-state index is 0.00136. The number of hydrogen-bond acceptors (Lipinski definition) is 4. The van der Waals surface area contributed by atoms with Crippen molar-refractivity contribution in [2.75, 3.05) is 0 Å². The Labute approximate surface area is 177 Å². The highest BCUT2D eigenvalue weighted by molar-refractivity contribution is 5.99. The molecule has 0 atom stereocenters. The summed E-state index contributed by atoms with van der Waals surface area (Å²) in [5, 5.41) is 2.87. The summed E-state index contributed by atoms with van der Waals surface area (Å²) < 4.78 is 5.73. The molecule has 5 nitrogen and oxygen atoms in total. The Balaban J connectivity index is 1.42. The van der Waals surface area contributed by atoms with Gasteiger partial charge in [-0.15, -0.1) is 0 Å². The molecule has 1 amide bonds. The number of nitrogens with one attached hydrogen (secondary N) is 1. The first kappa shape index (κ1) is 21.2. The lowest BCUT2D eigenvalue weighted by Crippen LogP contribution is -2.23. The van der Waals surface area contributed by atoms with Crippen molar-refractivity contribution < 1.29 is 14.3 Å². The first-order valence-electron chi connectivity index (χ1n) is 9.99. The molecule has 5 heteroatoms. The number of aryl methyl sites for hydroxylation is 2. The number of benzene rings is 2. The zero-order valence-corrected chi connectivity index (χ0v) is 17.4. The highest BCUT2D eigenvalue weighted by atomic mass is 16.5. The number of ketones is 1. The molecule has 0 unspecified atom stereocenters. The van der Waals surface area contributed by atoms with Gasteiger partial charge >= 0.3 is 0 Å². The number of Topliss-reactive ketones (excluding diaryl/α,β-unsaturated/α-hetero) is 1. The minimum Gasteiger partial charge on any atom is -0.489 e. The second-order valence-corrected chi connectivity index (χ2v) is 7.31. The Kier molecular flexibility index (Phi) is 7.33. The Morgan fingerprint density at radius 2 is 1.77 bits per heavy atom. The van der Waals surface area contributed by atoms with E-state index in [2.05, 4.69) is 10.3 Å². The van der Waals surface area contributed by atoms with E-state index in [1.54, 1.807) is 12.4 Å². The van der Waals surface area contributed by atoms with Crippen LogP contribution in [0.3, 0.4) is 0 Å². The maximum Gasteiger partial charge on any atom is 0.220 e. The molecule has 3 aromatic rings. The molecular formula is C25H26N2O3. The molecule has 1 N–H and O–H groups in total. The van der Waals surface area contributed by atoms with Crippen molar-refractivity contribution in [2.24, 2.45) is 0 Å². The van der Waals surface area contributed by atoms with Gasteiger partial charge in [0.1, 0.15) is 12.4 Å². The van der Waals surface area contributed by atoms with Gasteiger partial charge in [-0.25, -0.2) is 0 Å². The summed E-state index contributed by atoms with van der Waals surface area (Å²) in [6.07, 6.45) is 3.89. The van der Waals surface area contributed by atoms with E-state index >= 15 is 0 Å². The summed E-state index contributed by atoms with van der Waals surface area (Å²) >= 11 is 0. The standard InChI is InChI=1S/C25H26N2O3/c1-18-5-6-19(2)23(14-18)24(28)11-12-25(29)27-16-20-7-9-22(10-8-20)30-17-21-4-3-13-26-15-21/h3-10,13-15H,11-12,16-17H2,1-2H3,(H,27,29). The highest BCUT2D eigenvalue weighted by Gasteiger charge is 2.12. The van der Waals surface area contributed by atoms with Crippen LogP contribution in [-0.4, -0.2) is 16.7 Å². The van der Waals surface area contributed by atoms with Gasteiger partial charge in [0, 0.05) is 42.9 Å². The van der Waals surface area contributed by atoms with Gasteiger partial charge in [0.25, 0.3) is 0 Å². The zero-order chi connectivity index (χ0) is 21.3. The predicted octanol–water partition coefficient (Wildman–Crippen LogP) is 4.56. The smallest absolute Gasteiger partial charge is 0.220 e. The van der Waals surface area contributed by atoms with E-state index in [0.717, 1.165) is 28.0 Å². The number of pyridine rings is 1. The van der Waals surface area contributed by atoms with Gasteiger partial charge in [0.2, 0.25) is 5.91 Å². The Morgan fingerprint density at radius 3 is 2.50 bits per heavy atom. The number of ether oxygens (including phenoxy) is 1.